The van der Waals surface area contributed by atoms with Crippen molar-refractivity contribution in [3.05, 3.63) is 17.2 Å². The fourth-order valence-electron chi connectivity index (χ4n) is 2.60. The molecule has 0 bridgehead atoms. The Labute approximate surface area is 125 Å². The normalized spacial score (nSPS) is 15.2. The molecule has 1 saturated heterocycles. The van der Waals surface area contributed by atoms with Crippen LogP contribution in [0.3, 0.4) is 0 Å². The smallest absolute Gasteiger partial charge is 0.147 e. The van der Waals surface area contributed by atoms with E-state index in [-0.39, 0.29) is 5.84 Å². The molecular weight excluding hydrogens is 266 g/mol. The lowest BCUT2D eigenvalue weighted by molar-refractivity contribution is 0.355. The molecule has 2 heterocycles. The van der Waals surface area contributed by atoms with Gasteiger partial charge in [0, 0.05) is 39.6 Å². The van der Waals surface area contributed by atoms with Gasteiger partial charge in [0.2, 0.25) is 0 Å². The van der Waals surface area contributed by atoms with E-state index < -0.39 is 0 Å². The van der Waals surface area contributed by atoms with E-state index in [0.29, 0.717) is 17.2 Å². The first-order chi connectivity index (χ1) is 10.1. The molecule has 0 spiro atoms. The molecule has 0 radical (unpaired) electrons. The van der Waals surface area contributed by atoms with Crippen molar-refractivity contribution in [2.24, 2.45) is 12.8 Å². The average molecular weight is 291 g/mol. The summed E-state index contributed by atoms with van der Waals surface area (Å²) in [6, 6.07) is 0. The molecule has 1 aliphatic rings. The zero-order valence-electron chi connectivity index (χ0n) is 12.9. The van der Waals surface area contributed by atoms with Gasteiger partial charge >= 0.3 is 0 Å². The van der Waals surface area contributed by atoms with E-state index in [2.05, 4.69) is 17.2 Å². The summed E-state index contributed by atoms with van der Waals surface area (Å²) in [6.45, 7) is 5.48. The number of amidine groups is 2. The highest BCUT2D eigenvalue weighted by Gasteiger charge is 2.24. The minimum Gasteiger partial charge on any atom is -0.382 e. The molecule has 0 aromatic carbocycles. The first kappa shape index (κ1) is 15.5. The Balaban J connectivity index is 2.33. The van der Waals surface area contributed by atoms with Gasteiger partial charge in [0.1, 0.15) is 28.9 Å². The molecule has 5 N–H and O–H groups in total. The summed E-state index contributed by atoms with van der Waals surface area (Å²) in [4.78, 5) is 6.51. The fourth-order valence-corrected chi connectivity index (χ4v) is 2.60. The topological polar surface area (TPSA) is 107 Å². The largest absolute Gasteiger partial charge is 0.382 e. The zero-order valence-corrected chi connectivity index (χ0v) is 12.9. The van der Waals surface area contributed by atoms with E-state index in [1.807, 2.05) is 16.5 Å². The van der Waals surface area contributed by atoms with Gasteiger partial charge in [0.15, 0.2) is 0 Å². The van der Waals surface area contributed by atoms with Crippen molar-refractivity contribution in [2.45, 2.75) is 26.2 Å². The molecule has 7 heteroatoms. The van der Waals surface area contributed by atoms with Gasteiger partial charge in [0.05, 0.1) is 0 Å². The van der Waals surface area contributed by atoms with Gasteiger partial charge in [-0.25, -0.2) is 4.98 Å². The summed E-state index contributed by atoms with van der Waals surface area (Å²) in [7, 11) is 1.91. The minimum atomic E-state index is -0.0665. The van der Waals surface area contributed by atoms with E-state index in [4.69, 9.17) is 16.6 Å². The van der Waals surface area contributed by atoms with E-state index in [9.17, 15) is 0 Å². The van der Waals surface area contributed by atoms with Crippen LogP contribution >= 0.6 is 0 Å². The molecule has 1 fully saturated rings. The van der Waals surface area contributed by atoms with Crippen LogP contribution in [0.2, 0.25) is 0 Å². The van der Waals surface area contributed by atoms with E-state index >= 15 is 0 Å². The number of hydrogen-bond donors (Lipinski definition) is 4. The van der Waals surface area contributed by atoms with Crippen LogP contribution in [-0.2, 0) is 13.5 Å². The summed E-state index contributed by atoms with van der Waals surface area (Å²) >= 11 is 0. The standard InChI is InChI=1S/C14H25N7/c1-3-4-5-10-19-11(13(15)16)12(20(10)2)14(17)21-8-6-18-7-9-21/h17-18H,3-9H2,1-2H3,(H3,15,16). The maximum absolute atomic E-state index is 8.47. The number of piperazine rings is 1. The fraction of sp³-hybridized carbons (Fsp3) is 0.643. The number of rotatable bonds is 5. The number of aromatic nitrogens is 2. The second-order valence-corrected chi connectivity index (χ2v) is 5.39. The number of aryl methyl sites for hydroxylation is 1. The predicted octanol–water partition coefficient (Wildman–Crippen LogP) is 0.277. The lowest BCUT2D eigenvalue weighted by atomic mass is 10.2. The van der Waals surface area contributed by atoms with Gasteiger partial charge < -0.3 is 20.5 Å². The second-order valence-electron chi connectivity index (χ2n) is 5.39. The second kappa shape index (κ2) is 6.71. The molecule has 1 aromatic rings. The molecule has 0 aliphatic carbocycles. The third-order valence-electron chi connectivity index (χ3n) is 3.85. The number of nitrogens with one attached hydrogen (secondary N) is 3. The van der Waals surface area contributed by atoms with Crippen molar-refractivity contribution in [3.8, 4) is 0 Å². The van der Waals surface area contributed by atoms with Crippen LogP contribution in [0, 0.1) is 10.8 Å². The van der Waals surface area contributed by atoms with Crippen molar-refractivity contribution >= 4 is 11.7 Å². The molecule has 2 rings (SSSR count). The van der Waals surface area contributed by atoms with Crippen molar-refractivity contribution < 1.29 is 0 Å². The molecular formula is C14H25N7. The van der Waals surface area contributed by atoms with Gasteiger partial charge in [-0.3, -0.25) is 10.8 Å². The first-order valence-corrected chi connectivity index (χ1v) is 7.50. The van der Waals surface area contributed by atoms with Crippen molar-refractivity contribution in [3.63, 3.8) is 0 Å². The highest BCUT2D eigenvalue weighted by Crippen LogP contribution is 2.15. The van der Waals surface area contributed by atoms with E-state index in [1.165, 1.54) is 0 Å². The van der Waals surface area contributed by atoms with Crippen molar-refractivity contribution in [2.75, 3.05) is 26.2 Å². The number of nitrogens with two attached hydrogens (primary N) is 1. The maximum Gasteiger partial charge on any atom is 0.147 e. The Morgan fingerprint density at radius 2 is 2.00 bits per heavy atom. The zero-order chi connectivity index (χ0) is 15.4. The lowest BCUT2D eigenvalue weighted by Gasteiger charge is -2.30. The van der Waals surface area contributed by atoms with Gasteiger partial charge in [-0.15, -0.1) is 0 Å². The van der Waals surface area contributed by atoms with Crippen molar-refractivity contribution in [1.29, 1.82) is 10.8 Å². The molecule has 0 amide bonds. The molecule has 7 nitrogen and oxygen atoms in total. The molecule has 1 aliphatic heterocycles. The Kier molecular flexibility index (Phi) is 4.95. The third kappa shape index (κ3) is 3.24. The van der Waals surface area contributed by atoms with Crippen LogP contribution < -0.4 is 11.1 Å². The van der Waals surface area contributed by atoms with Crippen LogP contribution in [0.4, 0.5) is 0 Å². The van der Waals surface area contributed by atoms with Crippen LogP contribution in [0.15, 0.2) is 0 Å². The molecule has 1 aromatic heterocycles. The van der Waals surface area contributed by atoms with Crippen LogP contribution in [0.25, 0.3) is 0 Å². The minimum absolute atomic E-state index is 0.0665. The van der Waals surface area contributed by atoms with Gasteiger partial charge in [-0.05, 0) is 6.42 Å². The summed E-state index contributed by atoms with van der Waals surface area (Å²) in [5.41, 5.74) is 6.77. The monoisotopic (exact) mass is 291 g/mol. The van der Waals surface area contributed by atoms with Crippen LogP contribution in [0.1, 0.15) is 37.0 Å². The van der Waals surface area contributed by atoms with E-state index in [0.717, 1.165) is 51.3 Å². The Morgan fingerprint density at radius 1 is 1.33 bits per heavy atom. The lowest BCUT2D eigenvalue weighted by Crippen LogP contribution is -2.47. The summed E-state index contributed by atoms with van der Waals surface area (Å²) < 4.78 is 1.93. The summed E-state index contributed by atoms with van der Waals surface area (Å²) in [5, 5.41) is 19.5. The quantitative estimate of drug-likeness (QED) is 0.461. The van der Waals surface area contributed by atoms with Crippen molar-refractivity contribution in [1.82, 2.24) is 19.8 Å². The Morgan fingerprint density at radius 3 is 2.57 bits per heavy atom. The summed E-state index contributed by atoms with van der Waals surface area (Å²) in [5.74, 6) is 1.25. The third-order valence-corrected chi connectivity index (χ3v) is 3.85. The predicted molar refractivity (Wildman–Crippen MR) is 84.1 cm³/mol. The average Bonchev–Trinajstić information content (AvgIpc) is 2.82. The van der Waals surface area contributed by atoms with Gasteiger partial charge in [-0.1, -0.05) is 13.3 Å². The highest BCUT2D eigenvalue weighted by molar-refractivity contribution is 6.06. The number of hydrogen-bond acceptors (Lipinski definition) is 4. The molecule has 116 valence electrons. The van der Waals surface area contributed by atoms with Crippen LogP contribution in [-0.4, -0.2) is 52.3 Å². The molecule has 0 atom stereocenters. The SMILES string of the molecule is CCCCc1nc(C(=N)N)c(C(=N)N2CCNCC2)n1C. The number of imidazole rings is 1. The Bertz CT molecular complexity index is 526. The first-order valence-electron chi connectivity index (χ1n) is 7.50. The molecule has 0 unspecified atom stereocenters. The molecule has 0 saturated carbocycles. The maximum atomic E-state index is 8.47. The molecule has 21 heavy (non-hydrogen) atoms. The van der Waals surface area contributed by atoms with Gasteiger partial charge in [0.25, 0.3) is 0 Å². The number of nitrogens with zero attached hydrogens (tertiary/aromatic N) is 3. The Hall–Kier alpha value is -1.89. The van der Waals surface area contributed by atoms with Gasteiger partial charge in [-0.2, -0.15) is 0 Å². The highest BCUT2D eigenvalue weighted by atomic mass is 15.2. The van der Waals surface area contributed by atoms with E-state index in [1.54, 1.807) is 0 Å². The van der Waals surface area contributed by atoms with Crippen LogP contribution in [0.5, 0.6) is 0 Å². The number of unbranched alkanes of at least 4 members (excludes halogenated alkanes) is 1. The summed E-state index contributed by atoms with van der Waals surface area (Å²) in [6.07, 6.45) is 2.98. The number of nitrogen functional groups attached to an aromatic ring is 1.